The number of hydrogen-bond donors (Lipinski definition) is 1. The van der Waals surface area contributed by atoms with E-state index < -0.39 is 4.92 Å². The number of carbonyl (C=O) groups excluding carboxylic acids is 1. The maximum atomic E-state index is 12.5. The van der Waals surface area contributed by atoms with Gasteiger partial charge in [0.15, 0.2) is 0 Å². The van der Waals surface area contributed by atoms with E-state index in [-0.39, 0.29) is 17.2 Å². The number of anilines is 1. The van der Waals surface area contributed by atoms with Crippen LogP contribution >= 0.6 is 0 Å². The Bertz CT molecular complexity index is 485. The van der Waals surface area contributed by atoms with Crippen molar-refractivity contribution in [3.63, 3.8) is 0 Å². The Morgan fingerprint density at radius 2 is 2.00 bits per heavy atom. The molecule has 7 nitrogen and oxygen atoms in total. The molecule has 0 saturated carbocycles. The monoisotopic (exact) mass is 280 g/mol. The van der Waals surface area contributed by atoms with E-state index in [0.717, 1.165) is 19.0 Å². The van der Waals surface area contributed by atoms with Gasteiger partial charge in [-0.15, -0.1) is 0 Å². The number of aromatic nitrogens is 1. The molecule has 110 valence electrons. The minimum absolute atomic E-state index is 0.180. The molecular weight excluding hydrogens is 260 g/mol. The molecule has 0 radical (unpaired) electrons. The number of nitrogens with one attached hydrogen (secondary N) is 1. The van der Waals surface area contributed by atoms with E-state index >= 15 is 0 Å². The van der Waals surface area contributed by atoms with Gasteiger partial charge in [0.05, 0.1) is 10.5 Å². The maximum Gasteiger partial charge on any atom is 0.288 e. The van der Waals surface area contributed by atoms with Crippen LogP contribution in [0.4, 0.5) is 11.5 Å². The molecule has 1 heterocycles. The van der Waals surface area contributed by atoms with Crippen LogP contribution in [0.1, 0.15) is 37.0 Å². The van der Waals surface area contributed by atoms with Gasteiger partial charge in [0.25, 0.3) is 11.6 Å². The first-order chi connectivity index (χ1) is 9.54. The zero-order valence-electron chi connectivity index (χ0n) is 12.0. The Labute approximate surface area is 118 Å². The van der Waals surface area contributed by atoms with Crippen LogP contribution in [-0.2, 0) is 0 Å². The summed E-state index contributed by atoms with van der Waals surface area (Å²) in [6.45, 7) is 5.22. The van der Waals surface area contributed by atoms with Crippen molar-refractivity contribution in [2.24, 2.45) is 0 Å². The highest BCUT2D eigenvalue weighted by molar-refractivity contribution is 5.99. The molecular formula is C13H20N4O3. The first-order valence-corrected chi connectivity index (χ1v) is 6.66. The van der Waals surface area contributed by atoms with Crippen LogP contribution in [0.3, 0.4) is 0 Å². The zero-order valence-corrected chi connectivity index (χ0v) is 12.0. The van der Waals surface area contributed by atoms with Crippen molar-refractivity contribution in [3.8, 4) is 0 Å². The molecule has 0 aromatic carbocycles. The first-order valence-electron chi connectivity index (χ1n) is 6.66. The molecule has 1 N–H and O–H groups in total. The molecule has 1 aromatic heterocycles. The zero-order chi connectivity index (χ0) is 15.1. The van der Waals surface area contributed by atoms with E-state index in [1.54, 1.807) is 11.9 Å². The number of carbonyl (C=O) groups is 1. The van der Waals surface area contributed by atoms with E-state index in [4.69, 9.17) is 0 Å². The second kappa shape index (κ2) is 7.42. The van der Waals surface area contributed by atoms with Gasteiger partial charge in [-0.05, 0) is 12.8 Å². The van der Waals surface area contributed by atoms with Crippen LogP contribution in [-0.4, -0.2) is 40.9 Å². The SMILES string of the molecule is CCCN(CCC)C(=O)c1cc([N+](=O)[O-])cnc1NC. The lowest BCUT2D eigenvalue weighted by atomic mass is 10.2. The van der Waals surface area contributed by atoms with Crippen molar-refractivity contribution in [1.29, 1.82) is 0 Å². The molecule has 0 aliphatic carbocycles. The third-order valence-corrected chi connectivity index (χ3v) is 2.83. The third kappa shape index (κ3) is 3.66. The van der Waals surface area contributed by atoms with Gasteiger partial charge in [-0.25, -0.2) is 4.98 Å². The van der Waals surface area contributed by atoms with Crippen LogP contribution < -0.4 is 5.32 Å². The summed E-state index contributed by atoms with van der Waals surface area (Å²) < 4.78 is 0. The Morgan fingerprint density at radius 1 is 1.40 bits per heavy atom. The lowest BCUT2D eigenvalue weighted by Gasteiger charge is -2.22. The summed E-state index contributed by atoms with van der Waals surface area (Å²) in [4.78, 5) is 28.4. The molecule has 0 saturated heterocycles. The summed E-state index contributed by atoms with van der Waals surface area (Å²) in [7, 11) is 1.63. The Kier molecular flexibility index (Phi) is 5.89. The van der Waals surface area contributed by atoms with Gasteiger partial charge in [0.1, 0.15) is 12.0 Å². The fraction of sp³-hybridized carbons (Fsp3) is 0.538. The molecule has 0 aliphatic rings. The third-order valence-electron chi connectivity index (χ3n) is 2.83. The molecule has 0 atom stereocenters. The number of nitrogens with zero attached hydrogens (tertiary/aromatic N) is 3. The molecule has 0 unspecified atom stereocenters. The highest BCUT2D eigenvalue weighted by Crippen LogP contribution is 2.20. The first kappa shape index (κ1) is 15.9. The standard InChI is InChI=1S/C13H20N4O3/c1-4-6-16(7-5-2)13(18)11-8-10(17(19)20)9-15-12(11)14-3/h8-9H,4-7H2,1-3H3,(H,14,15). The molecule has 0 spiro atoms. The van der Waals surface area contributed by atoms with Crippen LogP contribution in [0.25, 0.3) is 0 Å². The fourth-order valence-corrected chi connectivity index (χ4v) is 1.94. The van der Waals surface area contributed by atoms with Crippen molar-refractivity contribution < 1.29 is 9.72 Å². The van der Waals surface area contributed by atoms with E-state index in [9.17, 15) is 14.9 Å². The highest BCUT2D eigenvalue weighted by atomic mass is 16.6. The summed E-state index contributed by atoms with van der Waals surface area (Å²) in [5, 5.41) is 13.6. The predicted molar refractivity (Wildman–Crippen MR) is 76.9 cm³/mol. The van der Waals surface area contributed by atoms with Gasteiger partial charge in [0, 0.05) is 26.2 Å². The topological polar surface area (TPSA) is 88.4 Å². The molecule has 20 heavy (non-hydrogen) atoms. The summed E-state index contributed by atoms with van der Waals surface area (Å²) in [5.74, 6) is 0.132. The largest absolute Gasteiger partial charge is 0.372 e. The van der Waals surface area contributed by atoms with Crippen molar-refractivity contribution in [1.82, 2.24) is 9.88 Å². The van der Waals surface area contributed by atoms with E-state index in [1.807, 2.05) is 13.8 Å². The van der Waals surface area contributed by atoms with Crippen LogP contribution in [0.15, 0.2) is 12.3 Å². The van der Waals surface area contributed by atoms with Gasteiger partial charge in [-0.2, -0.15) is 0 Å². The molecule has 1 rings (SSSR count). The van der Waals surface area contributed by atoms with Gasteiger partial charge in [0.2, 0.25) is 0 Å². The van der Waals surface area contributed by atoms with E-state index in [0.29, 0.717) is 18.9 Å². The van der Waals surface area contributed by atoms with Gasteiger partial charge in [-0.1, -0.05) is 13.8 Å². The molecule has 7 heteroatoms. The molecule has 1 aromatic rings. The number of pyridine rings is 1. The van der Waals surface area contributed by atoms with Crippen molar-refractivity contribution in [2.45, 2.75) is 26.7 Å². The summed E-state index contributed by atoms with van der Waals surface area (Å²) in [6, 6.07) is 1.28. The number of hydrogen-bond acceptors (Lipinski definition) is 5. The summed E-state index contributed by atoms with van der Waals surface area (Å²) in [6.07, 6.45) is 2.82. The van der Waals surface area contributed by atoms with Crippen molar-refractivity contribution >= 4 is 17.4 Å². The van der Waals surface area contributed by atoms with Crippen LogP contribution in [0.5, 0.6) is 0 Å². The van der Waals surface area contributed by atoms with Gasteiger partial charge in [-0.3, -0.25) is 14.9 Å². The second-order valence-corrected chi connectivity index (χ2v) is 4.39. The quantitative estimate of drug-likeness (QED) is 0.611. The number of nitro groups is 1. The summed E-state index contributed by atoms with van der Waals surface area (Å²) >= 11 is 0. The normalized spacial score (nSPS) is 10.2. The Morgan fingerprint density at radius 3 is 2.45 bits per heavy atom. The second-order valence-electron chi connectivity index (χ2n) is 4.39. The minimum Gasteiger partial charge on any atom is -0.372 e. The molecule has 0 bridgehead atoms. The van der Waals surface area contributed by atoms with Crippen LogP contribution in [0.2, 0.25) is 0 Å². The minimum atomic E-state index is -0.548. The average Bonchev–Trinajstić information content (AvgIpc) is 2.45. The number of amides is 1. The van der Waals surface area contributed by atoms with Crippen molar-refractivity contribution in [2.75, 3.05) is 25.5 Å². The number of rotatable bonds is 7. The summed E-state index contributed by atoms with van der Waals surface area (Å²) in [5.41, 5.74) is 0.0592. The van der Waals surface area contributed by atoms with Gasteiger partial charge < -0.3 is 10.2 Å². The van der Waals surface area contributed by atoms with E-state index in [2.05, 4.69) is 10.3 Å². The van der Waals surface area contributed by atoms with Crippen LogP contribution in [0, 0.1) is 10.1 Å². The highest BCUT2D eigenvalue weighted by Gasteiger charge is 2.21. The predicted octanol–water partition coefficient (Wildman–Crippen LogP) is 2.29. The lowest BCUT2D eigenvalue weighted by Crippen LogP contribution is -2.33. The molecule has 0 aliphatic heterocycles. The van der Waals surface area contributed by atoms with Gasteiger partial charge >= 0.3 is 0 Å². The Hall–Kier alpha value is -2.18. The smallest absolute Gasteiger partial charge is 0.288 e. The Balaban J connectivity index is 3.16. The maximum absolute atomic E-state index is 12.5. The fourth-order valence-electron chi connectivity index (χ4n) is 1.94. The molecule has 0 fully saturated rings. The van der Waals surface area contributed by atoms with Crippen molar-refractivity contribution in [3.05, 3.63) is 27.9 Å². The van der Waals surface area contributed by atoms with E-state index in [1.165, 1.54) is 6.07 Å². The lowest BCUT2D eigenvalue weighted by molar-refractivity contribution is -0.385. The molecule has 1 amide bonds. The average molecular weight is 280 g/mol.